The van der Waals surface area contributed by atoms with Gasteiger partial charge in [-0.2, -0.15) is 0 Å². The smallest absolute Gasteiger partial charge is 0.270 e. The maximum absolute atomic E-state index is 12.7. The summed E-state index contributed by atoms with van der Waals surface area (Å²) in [4.78, 5) is 33.4. The Kier molecular flexibility index (Phi) is 5.73. The second kappa shape index (κ2) is 8.22. The van der Waals surface area contributed by atoms with Crippen LogP contribution in [0.1, 0.15) is 48.5 Å². The fourth-order valence-corrected chi connectivity index (χ4v) is 2.71. The molecule has 0 aliphatic heterocycles. The first-order valence-corrected chi connectivity index (χ1v) is 9.36. The molecular weight excluding hydrogens is 364 g/mol. The number of nitrogens with one attached hydrogen (secondary N) is 2. The second-order valence-electron chi connectivity index (χ2n) is 7.79. The Balaban J connectivity index is 2.01. The van der Waals surface area contributed by atoms with Crippen LogP contribution in [0.2, 0.25) is 0 Å². The second-order valence-corrected chi connectivity index (χ2v) is 7.79. The fourth-order valence-electron chi connectivity index (χ4n) is 2.71. The van der Waals surface area contributed by atoms with E-state index in [0.29, 0.717) is 22.9 Å². The summed E-state index contributed by atoms with van der Waals surface area (Å²) >= 11 is 0. The Bertz CT molecular complexity index is 1040. The molecule has 29 heavy (non-hydrogen) atoms. The van der Waals surface area contributed by atoms with Crippen LogP contribution >= 0.6 is 0 Å². The van der Waals surface area contributed by atoms with Gasteiger partial charge >= 0.3 is 0 Å². The Morgan fingerprint density at radius 1 is 0.897 bits per heavy atom. The van der Waals surface area contributed by atoms with Crippen molar-refractivity contribution >= 4 is 23.2 Å². The van der Waals surface area contributed by atoms with Gasteiger partial charge in [-0.3, -0.25) is 9.59 Å². The lowest BCUT2D eigenvalue weighted by Gasteiger charge is -2.20. The van der Waals surface area contributed by atoms with E-state index < -0.39 is 5.54 Å². The number of hydrogen-bond donors (Lipinski definition) is 2. The van der Waals surface area contributed by atoms with Crippen LogP contribution in [0.3, 0.4) is 0 Å². The Morgan fingerprint density at radius 3 is 2.28 bits per heavy atom. The maximum atomic E-state index is 12.7. The van der Waals surface area contributed by atoms with Crippen LogP contribution in [0.5, 0.6) is 0 Å². The highest BCUT2D eigenvalue weighted by Crippen LogP contribution is 2.22. The maximum Gasteiger partial charge on any atom is 0.270 e. The molecule has 1 aromatic heterocycles. The third-order valence-electron chi connectivity index (χ3n) is 4.02. The number of Topliss-reactive ketones (excluding diaryl/α,β-unsaturated/α-hetero) is 1. The van der Waals surface area contributed by atoms with Gasteiger partial charge in [0.1, 0.15) is 11.5 Å². The lowest BCUT2D eigenvalue weighted by molar-refractivity contribution is 0.0913. The van der Waals surface area contributed by atoms with E-state index in [1.165, 1.54) is 6.92 Å². The average molecular weight is 388 g/mol. The Morgan fingerprint density at radius 2 is 1.62 bits per heavy atom. The average Bonchev–Trinajstić information content (AvgIpc) is 2.67. The summed E-state index contributed by atoms with van der Waals surface area (Å²) in [6, 6.07) is 18.2. The first-order chi connectivity index (χ1) is 13.7. The van der Waals surface area contributed by atoms with Crippen molar-refractivity contribution < 1.29 is 9.59 Å². The zero-order valence-electron chi connectivity index (χ0n) is 17.0. The highest BCUT2D eigenvalue weighted by molar-refractivity contribution is 5.95. The van der Waals surface area contributed by atoms with Crippen LogP contribution in [0.4, 0.5) is 11.5 Å². The first-order valence-electron chi connectivity index (χ1n) is 9.36. The van der Waals surface area contributed by atoms with Crippen molar-refractivity contribution in [1.29, 1.82) is 0 Å². The van der Waals surface area contributed by atoms with Gasteiger partial charge in [0, 0.05) is 28.4 Å². The number of aromatic nitrogens is 2. The number of anilines is 2. The van der Waals surface area contributed by atoms with Crippen LogP contribution in [0.15, 0.2) is 60.7 Å². The van der Waals surface area contributed by atoms with E-state index in [4.69, 9.17) is 0 Å². The van der Waals surface area contributed by atoms with Crippen molar-refractivity contribution in [2.24, 2.45) is 0 Å². The number of amides is 1. The van der Waals surface area contributed by atoms with E-state index in [1.807, 2.05) is 57.2 Å². The van der Waals surface area contributed by atoms with Gasteiger partial charge in [-0.1, -0.05) is 42.5 Å². The SMILES string of the molecule is CC(=O)c1cccc(Nc2cc(C(=O)NC(C)(C)C)nc(-c3ccccc3)n2)c1. The van der Waals surface area contributed by atoms with E-state index in [-0.39, 0.29) is 17.4 Å². The van der Waals surface area contributed by atoms with Gasteiger partial charge in [0.15, 0.2) is 11.6 Å². The molecule has 3 rings (SSSR count). The predicted molar refractivity (Wildman–Crippen MR) is 114 cm³/mol. The molecule has 1 heterocycles. The minimum absolute atomic E-state index is 0.0217. The molecule has 0 atom stereocenters. The first kappa shape index (κ1) is 20.2. The van der Waals surface area contributed by atoms with Gasteiger partial charge in [0.2, 0.25) is 0 Å². The topological polar surface area (TPSA) is 84.0 Å². The molecular formula is C23H24N4O2. The molecule has 0 aliphatic carbocycles. The van der Waals surface area contributed by atoms with Crippen LogP contribution < -0.4 is 10.6 Å². The van der Waals surface area contributed by atoms with Crippen LogP contribution in [-0.4, -0.2) is 27.2 Å². The van der Waals surface area contributed by atoms with Gasteiger partial charge in [0.05, 0.1) is 0 Å². The third-order valence-corrected chi connectivity index (χ3v) is 4.02. The molecule has 2 aromatic carbocycles. The summed E-state index contributed by atoms with van der Waals surface area (Å²) in [6.45, 7) is 7.26. The number of nitrogens with zero attached hydrogens (tertiary/aromatic N) is 2. The summed E-state index contributed by atoms with van der Waals surface area (Å²) in [7, 11) is 0. The predicted octanol–water partition coefficient (Wildman–Crippen LogP) is 4.62. The van der Waals surface area contributed by atoms with Gasteiger partial charge in [0.25, 0.3) is 5.91 Å². The quantitative estimate of drug-likeness (QED) is 0.623. The molecule has 3 aromatic rings. The fraction of sp³-hybridized carbons (Fsp3) is 0.217. The molecule has 0 saturated heterocycles. The standard InChI is InChI=1S/C23H24N4O2/c1-15(28)17-11-8-12-18(13-17)24-20-14-19(22(29)27-23(2,3)4)25-21(26-20)16-9-6-5-7-10-16/h5-14H,1-4H3,(H,27,29)(H,24,25,26). The van der Waals surface area contributed by atoms with Crippen LogP contribution in [0.25, 0.3) is 11.4 Å². The van der Waals surface area contributed by atoms with Crippen molar-refractivity contribution in [2.75, 3.05) is 5.32 Å². The third kappa shape index (κ3) is 5.48. The molecule has 2 N–H and O–H groups in total. The van der Waals surface area contributed by atoms with E-state index in [0.717, 1.165) is 5.56 Å². The lowest BCUT2D eigenvalue weighted by Crippen LogP contribution is -2.41. The Hall–Kier alpha value is -3.54. The normalized spacial score (nSPS) is 11.0. The van der Waals surface area contributed by atoms with Crippen LogP contribution in [-0.2, 0) is 0 Å². The molecule has 148 valence electrons. The molecule has 0 bridgehead atoms. The number of rotatable bonds is 5. The van der Waals surface area contributed by atoms with Crippen molar-refractivity contribution in [3.63, 3.8) is 0 Å². The number of hydrogen-bond acceptors (Lipinski definition) is 5. The van der Waals surface area contributed by atoms with Gasteiger partial charge in [-0.15, -0.1) is 0 Å². The molecule has 0 fully saturated rings. The summed E-state index contributed by atoms with van der Waals surface area (Å²) in [5, 5.41) is 6.11. The number of ketones is 1. The molecule has 0 unspecified atom stereocenters. The van der Waals surface area contributed by atoms with Crippen molar-refractivity contribution in [2.45, 2.75) is 33.2 Å². The monoisotopic (exact) mass is 388 g/mol. The molecule has 0 radical (unpaired) electrons. The largest absolute Gasteiger partial charge is 0.346 e. The van der Waals surface area contributed by atoms with E-state index in [9.17, 15) is 9.59 Å². The minimum Gasteiger partial charge on any atom is -0.346 e. The summed E-state index contributed by atoms with van der Waals surface area (Å²) in [5.74, 6) is 0.611. The van der Waals surface area contributed by atoms with Gasteiger partial charge in [-0.05, 0) is 39.8 Å². The molecule has 0 aliphatic rings. The molecule has 6 heteroatoms. The highest BCUT2D eigenvalue weighted by Gasteiger charge is 2.18. The summed E-state index contributed by atoms with van der Waals surface area (Å²) in [5.41, 5.74) is 1.98. The molecule has 0 saturated carbocycles. The van der Waals surface area contributed by atoms with Gasteiger partial charge < -0.3 is 10.6 Å². The zero-order valence-corrected chi connectivity index (χ0v) is 17.0. The summed E-state index contributed by atoms with van der Waals surface area (Å²) in [6.07, 6.45) is 0. The molecule has 1 amide bonds. The number of carbonyl (C=O) groups excluding carboxylic acids is 2. The van der Waals surface area contributed by atoms with Gasteiger partial charge in [-0.25, -0.2) is 9.97 Å². The van der Waals surface area contributed by atoms with E-state index in [2.05, 4.69) is 20.6 Å². The Labute approximate surface area is 170 Å². The van der Waals surface area contributed by atoms with Crippen LogP contribution in [0, 0.1) is 0 Å². The highest BCUT2D eigenvalue weighted by atomic mass is 16.2. The number of benzene rings is 2. The summed E-state index contributed by atoms with van der Waals surface area (Å²) < 4.78 is 0. The van der Waals surface area contributed by atoms with E-state index in [1.54, 1.807) is 24.3 Å². The van der Waals surface area contributed by atoms with E-state index >= 15 is 0 Å². The van der Waals surface area contributed by atoms with Crippen molar-refractivity contribution in [3.8, 4) is 11.4 Å². The van der Waals surface area contributed by atoms with Crippen molar-refractivity contribution in [3.05, 3.63) is 71.9 Å². The number of carbonyl (C=O) groups is 2. The van der Waals surface area contributed by atoms with Crippen molar-refractivity contribution in [1.82, 2.24) is 15.3 Å². The molecule has 0 spiro atoms. The minimum atomic E-state index is -0.391. The molecule has 6 nitrogen and oxygen atoms in total. The lowest BCUT2D eigenvalue weighted by atomic mass is 10.1. The zero-order chi connectivity index (χ0) is 21.0.